The zero-order valence-corrected chi connectivity index (χ0v) is 13.0. The van der Waals surface area contributed by atoms with Crippen molar-refractivity contribution < 1.29 is 4.21 Å². The molecular formula is C16H12BrNOS. The fourth-order valence-electron chi connectivity index (χ4n) is 1.98. The van der Waals surface area contributed by atoms with Gasteiger partial charge in [-0.2, -0.15) is 0 Å². The van der Waals surface area contributed by atoms with Crippen LogP contribution in [0.2, 0.25) is 0 Å². The van der Waals surface area contributed by atoms with Gasteiger partial charge in [-0.1, -0.05) is 52.3 Å². The molecule has 0 N–H and O–H groups in total. The van der Waals surface area contributed by atoms with Crippen molar-refractivity contribution >= 4 is 37.6 Å². The van der Waals surface area contributed by atoms with Crippen LogP contribution in [-0.4, -0.2) is 9.19 Å². The molecule has 3 rings (SSSR count). The molecular weight excluding hydrogens is 334 g/mol. The number of nitrogens with zero attached hydrogens (tertiary/aromatic N) is 1. The molecule has 1 atom stereocenters. The van der Waals surface area contributed by atoms with Crippen LogP contribution in [-0.2, 0) is 16.6 Å². The summed E-state index contributed by atoms with van der Waals surface area (Å²) in [4.78, 5) is 4.48. The van der Waals surface area contributed by atoms with Crippen LogP contribution in [0.5, 0.6) is 0 Å². The Labute approximate surface area is 128 Å². The third-order valence-corrected chi connectivity index (χ3v) is 4.84. The monoisotopic (exact) mass is 345 g/mol. The molecule has 0 amide bonds. The van der Waals surface area contributed by atoms with E-state index >= 15 is 0 Å². The van der Waals surface area contributed by atoms with Gasteiger partial charge in [-0.05, 0) is 29.8 Å². The molecule has 0 spiro atoms. The molecule has 2 nitrogen and oxygen atoms in total. The van der Waals surface area contributed by atoms with Crippen molar-refractivity contribution in [1.29, 1.82) is 0 Å². The maximum Gasteiger partial charge on any atom is 0.128 e. The minimum Gasteiger partial charge on any atom is -0.252 e. The van der Waals surface area contributed by atoms with Gasteiger partial charge in [0.2, 0.25) is 0 Å². The van der Waals surface area contributed by atoms with Crippen LogP contribution in [0.25, 0.3) is 10.9 Å². The molecule has 1 unspecified atom stereocenters. The first-order valence-electron chi connectivity index (χ1n) is 6.21. The Kier molecular flexibility index (Phi) is 3.94. The van der Waals surface area contributed by atoms with Gasteiger partial charge in [-0.25, -0.2) is 4.98 Å². The standard InChI is InChI=1S/C16H12BrNOS/c17-14-8-5-12(6-9-14)11-20(19)16-10-7-13-3-1-2-4-15(13)18-16/h1-10H,11H2. The largest absolute Gasteiger partial charge is 0.252 e. The average Bonchev–Trinajstić information content (AvgIpc) is 2.49. The summed E-state index contributed by atoms with van der Waals surface area (Å²) in [6.45, 7) is 0. The number of benzene rings is 2. The number of para-hydroxylation sites is 1. The number of hydrogen-bond acceptors (Lipinski definition) is 2. The molecule has 0 bridgehead atoms. The van der Waals surface area contributed by atoms with Crippen molar-refractivity contribution in [2.24, 2.45) is 0 Å². The number of fused-ring (bicyclic) bond motifs is 1. The quantitative estimate of drug-likeness (QED) is 0.708. The van der Waals surface area contributed by atoms with Gasteiger partial charge in [0.25, 0.3) is 0 Å². The van der Waals surface area contributed by atoms with Crippen LogP contribution in [0, 0.1) is 0 Å². The lowest BCUT2D eigenvalue weighted by molar-refractivity contribution is 0.680. The molecule has 3 aromatic rings. The fourth-order valence-corrected chi connectivity index (χ4v) is 3.31. The Hall–Kier alpha value is -1.52. The molecule has 0 aliphatic heterocycles. The minimum absolute atomic E-state index is 0.485. The van der Waals surface area contributed by atoms with Crippen molar-refractivity contribution in [2.75, 3.05) is 0 Å². The van der Waals surface area contributed by atoms with Gasteiger partial charge >= 0.3 is 0 Å². The Balaban J connectivity index is 1.86. The second-order valence-electron chi connectivity index (χ2n) is 4.46. The Morgan fingerprint density at radius 3 is 2.50 bits per heavy atom. The van der Waals surface area contributed by atoms with Crippen LogP contribution >= 0.6 is 15.9 Å². The molecule has 0 aliphatic carbocycles. The second-order valence-corrected chi connectivity index (χ2v) is 6.77. The SMILES string of the molecule is O=S(Cc1ccc(Br)cc1)c1ccc2ccccc2n1. The predicted octanol–water partition coefficient (Wildman–Crippen LogP) is 4.31. The molecule has 100 valence electrons. The maximum absolute atomic E-state index is 12.4. The van der Waals surface area contributed by atoms with E-state index in [0.29, 0.717) is 10.8 Å². The van der Waals surface area contributed by atoms with Gasteiger partial charge in [0, 0.05) is 9.86 Å². The van der Waals surface area contributed by atoms with E-state index in [1.165, 1.54) is 0 Å². The number of pyridine rings is 1. The molecule has 1 heterocycles. The number of hydrogen-bond donors (Lipinski definition) is 0. The van der Waals surface area contributed by atoms with Crippen LogP contribution in [0.15, 0.2) is 70.2 Å². The highest BCUT2D eigenvalue weighted by Gasteiger charge is 2.07. The van der Waals surface area contributed by atoms with E-state index < -0.39 is 10.8 Å². The first-order chi connectivity index (χ1) is 9.72. The molecule has 20 heavy (non-hydrogen) atoms. The third kappa shape index (κ3) is 2.97. The van der Waals surface area contributed by atoms with Crippen LogP contribution in [0.4, 0.5) is 0 Å². The molecule has 0 fully saturated rings. The second kappa shape index (κ2) is 5.85. The van der Waals surface area contributed by atoms with E-state index in [4.69, 9.17) is 0 Å². The lowest BCUT2D eigenvalue weighted by Gasteiger charge is -2.04. The Morgan fingerprint density at radius 2 is 1.70 bits per heavy atom. The van der Waals surface area contributed by atoms with Crippen LogP contribution in [0.3, 0.4) is 0 Å². The summed E-state index contributed by atoms with van der Waals surface area (Å²) in [5.74, 6) is 0.485. The zero-order chi connectivity index (χ0) is 13.9. The Bertz CT molecular complexity index is 771. The smallest absolute Gasteiger partial charge is 0.128 e. The highest BCUT2D eigenvalue weighted by atomic mass is 79.9. The minimum atomic E-state index is -1.12. The summed E-state index contributed by atoms with van der Waals surface area (Å²) in [6.07, 6.45) is 0. The van der Waals surface area contributed by atoms with Crippen molar-refractivity contribution in [3.8, 4) is 0 Å². The van der Waals surface area contributed by atoms with E-state index in [1.54, 1.807) is 0 Å². The van der Waals surface area contributed by atoms with Crippen molar-refractivity contribution in [3.05, 3.63) is 70.7 Å². The summed E-state index contributed by atoms with van der Waals surface area (Å²) < 4.78 is 13.4. The first kappa shape index (κ1) is 13.5. The third-order valence-electron chi connectivity index (χ3n) is 3.02. The van der Waals surface area contributed by atoms with Crippen molar-refractivity contribution in [3.63, 3.8) is 0 Å². The van der Waals surface area contributed by atoms with Gasteiger partial charge in [0.1, 0.15) is 5.03 Å². The maximum atomic E-state index is 12.4. The van der Waals surface area contributed by atoms with Gasteiger partial charge in [0.15, 0.2) is 0 Å². The normalized spacial score (nSPS) is 12.4. The summed E-state index contributed by atoms with van der Waals surface area (Å²) in [7, 11) is -1.12. The van der Waals surface area contributed by atoms with Crippen molar-refractivity contribution in [2.45, 2.75) is 10.8 Å². The van der Waals surface area contributed by atoms with Crippen LogP contribution in [0.1, 0.15) is 5.56 Å². The van der Waals surface area contributed by atoms with Gasteiger partial charge in [-0.3, -0.25) is 4.21 Å². The molecule has 1 aromatic heterocycles. The first-order valence-corrected chi connectivity index (χ1v) is 8.32. The number of aromatic nitrogens is 1. The summed E-state index contributed by atoms with van der Waals surface area (Å²) >= 11 is 3.40. The highest BCUT2D eigenvalue weighted by molar-refractivity contribution is 9.10. The zero-order valence-electron chi connectivity index (χ0n) is 10.6. The van der Waals surface area contributed by atoms with Crippen LogP contribution < -0.4 is 0 Å². The predicted molar refractivity (Wildman–Crippen MR) is 86.0 cm³/mol. The lowest BCUT2D eigenvalue weighted by atomic mass is 10.2. The van der Waals surface area contributed by atoms with E-state index in [9.17, 15) is 4.21 Å². The van der Waals surface area contributed by atoms with Crippen molar-refractivity contribution in [1.82, 2.24) is 4.98 Å². The van der Waals surface area contributed by atoms with E-state index in [-0.39, 0.29) is 0 Å². The van der Waals surface area contributed by atoms with E-state index in [1.807, 2.05) is 60.7 Å². The number of halogens is 1. The van der Waals surface area contributed by atoms with Gasteiger partial charge in [0.05, 0.1) is 22.1 Å². The molecule has 2 aromatic carbocycles. The molecule has 0 saturated carbocycles. The lowest BCUT2D eigenvalue weighted by Crippen LogP contribution is -1.99. The summed E-state index contributed by atoms with van der Waals surface area (Å²) in [5.41, 5.74) is 1.93. The Morgan fingerprint density at radius 1 is 0.950 bits per heavy atom. The van der Waals surface area contributed by atoms with E-state index in [0.717, 1.165) is 20.9 Å². The number of rotatable bonds is 3. The highest BCUT2D eigenvalue weighted by Crippen LogP contribution is 2.17. The topological polar surface area (TPSA) is 30.0 Å². The summed E-state index contributed by atoms with van der Waals surface area (Å²) in [5, 5.41) is 1.70. The molecule has 0 radical (unpaired) electrons. The molecule has 0 aliphatic rings. The summed E-state index contributed by atoms with van der Waals surface area (Å²) in [6, 6.07) is 19.5. The molecule has 4 heteroatoms. The fraction of sp³-hybridized carbons (Fsp3) is 0.0625. The van der Waals surface area contributed by atoms with E-state index in [2.05, 4.69) is 20.9 Å². The van der Waals surface area contributed by atoms with Gasteiger partial charge < -0.3 is 0 Å². The van der Waals surface area contributed by atoms with Gasteiger partial charge in [-0.15, -0.1) is 0 Å². The molecule has 0 saturated heterocycles. The average molecular weight is 346 g/mol.